The summed E-state index contributed by atoms with van der Waals surface area (Å²) in [5.41, 5.74) is 3.41. The number of fused-ring (bicyclic) bond motifs is 1. The predicted octanol–water partition coefficient (Wildman–Crippen LogP) is 2.78. The third-order valence-corrected chi connectivity index (χ3v) is 6.33. The molecule has 2 aliphatic heterocycles. The number of hydrogen-bond donors (Lipinski definition) is 0. The molecule has 2 saturated heterocycles. The first-order chi connectivity index (χ1) is 11.5. The van der Waals surface area contributed by atoms with Crippen molar-refractivity contribution in [3.05, 3.63) is 47.2 Å². The Morgan fingerprint density at radius 3 is 2.58 bits per heavy atom. The summed E-state index contributed by atoms with van der Waals surface area (Å²) in [6, 6.07) is 10.1. The molecule has 5 nitrogen and oxygen atoms in total. The number of benzene rings is 1. The van der Waals surface area contributed by atoms with Crippen molar-refractivity contribution in [2.24, 2.45) is 7.05 Å². The van der Waals surface area contributed by atoms with Gasteiger partial charge in [-0.2, -0.15) is 5.10 Å². The van der Waals surface area contributed by atoms with Gasteiger partial charge >= 0.3 is 0 Å². The molecule has 0 bridgehead atoms. The highest BCUT2D eigenvalue weighted by Crippen LogP contribution is 2.46. The average Bonchev–Trinajstić information content (AvgIpc) is 3.18. The predicted molar refractivity (Wildman–Crippen MR) is 100 cm³/mol. The van der Waals surface area contributed by atoms with E-state index < -0.39 is 0 Å². The van der Waals surface area contributed by atoms with E-state index in [4.69, 9.17) is 12.2 Å². The monoisotopic (exact) mass is 358 g/mol. The van der Waals surface area contributed by atoms with E-state index in [9.17, 15) is 4.79 Å². The van der Waals surface area contributed by atoms with Crippen LogP contribution in [0.5, 0.6) is 0 Å². The third-order valence-electron chi connectivity index (χ3n) is 4.61. The van der Waals surface area contributed by atoms with Crippen LogP contribution < -0.4 is 4.90 Å². The standard InChI is InChI=1S/C17H18N4OS2/c1-10-4-6-12(7-5-10)16-20-13(9-24-16)15(22)21(17(20)23)14-8-11(2)19(3)18-14/h4-8,13,16H,9H2,1-3H3/t13-,16-/m0/s1. The zero-order chi connectivity index (χ0) is 17.0. The van der Waals surface area contributed by atoms with Gasteiger partial charge in [-0.25, -0.2) is 4.90 Å². The quantitative estimate of drug-likeness (QED) is 0.772. The van der Waals surface area contributed by atoms with Crippen LogP contribution in [0.1, 0.15) is 22.2 Å². The van der Waals surface area contributed by atoms with Gasteiger partial charge in [-0.05, 0) is 31.6 Å². The van der Waals surface area contributed by atoms with Crippen LogP contribution in [-0.2, 0) is 11.8 Å². The summed E-state index contributed by atoms with van der Waals surface area (Å²) < 4.78 is 1.76. The number of thiocarbonyl (C=S) groups is 1. The van der Waals surface area contributed by atoms with Gasteiger partial charge in [0, 0.05) is 24.6 Å². The molecular weight excluding hydrogens is 340 g/mol. The van der Waals surface area contributed by atoms with Crippen molar-refractivity contribution in [3.8, 4) is 0 Å². The van der Waals surface area contributed by atoms with Crippen molar-refractivity contribution in [2.75, 3.05) is 10.7 Å². The number of anilines is 1. The molecular formula is C17H18N4OS2. The van der Waals surface area contributed by atoms with E-state index in [1.165, 1.54) is 11.1 Å². The second-order valence-electron chi connectivity index (χ2n) is 6.24. The molecule has 2 atom stereocenters. The lowest BCUT2D eigenvalue weighted by Gasteiger charge is -2.25. The number of hydrogen-bond acceptors (Lipinski definition) is 4. The van der Waals surface area contributed by atoms with Crippen LogP contribution in [0.2, 0.25) is 0 Å². The van der Waals surface area contributed by atoms with Gasteiger partial charge in [0.05, 0.1) is 0 Å². The van der Waals surface area contributed by atoms with Gasteiger partial charge < -0.3 is 4.90 Å². The van der Waals surface area contributed by atoms with Gasteiger partial charge in [0.15, 0.2) is 10.9 Å². The van der Waals surface area contributed by atoms with Crippen molar-refractivity contribution in [2.45, 2.75) is 25.3 Å². The molecule has 124 valence electrons. The van der Waals surface area contributed by atoms with E-state index in [0.717, 1.165) is 11.4 Å². The van der Waals surface area contributed by atoms with Crippen LogP contribution in [0, 0.1) is 13.8 Å². The first-order valence-corrected chi connectivity index (χ1v) is 9.28. The lowest BCUT2D eigenvalue weighted by atomic mass is 10.1. The Hall–Kier alpha value is -1.86. The van der Waals surface area contributed by atoms with Gasteiger partial charge in [-0.1, -0.05) is 29.8 Å². The highest BCUT2D eigenvalue weighted by Gasteiger charge is 2.51. The summed E-state index contributed by atoms with van der Waals surface area (Å²) in [4.78, 5) is 16.5. The van der Waals surface area contributed by atoms with E-state index in [1.807, 2.05) is 20.0 Å². The second-order valence-corrected chi connectivity index (χ2v) is 7.72. The minimum atomic E-state index is -0.198. The van der Waals surface area contributed by atoms with Gasteiger partial charge in [-0.15, -0.1) is 11.8 Å². The summed E-state index contributed by atoms with van der Waals surface area (Å²) in [5, 5.41) is 5.07. The van der Waals surface area contributed by atoms with Crippen LogP contribution in [0.15, 0.2) is 30.3 Å². The summed E-state index contributed by atoms with van der Waals surface area (Å²) in [6.45, 7) is 4.04. The highest BCUT2D eigenvalue weighted by atomic mass is 32.2. The molecule has 0 N–H and O–H groups in total. The Kier molecular flexibility index (Phi) is 3.65. The number of carbonyl (C=O) groups excluding carboxylic acids is 1. The van der Waals surface area contributed by atoms with E-state index in [0.29, 0.717) is 10.9 Å². The Labute approximate surface area is 150 Å². The molecule has 0 saturated carbocycles. The maximum Gasteiger partial charge on any atom is 0.258 e. The zero-order valence-electron chi connectivity index (χ0n) is 13.8. The summed E-state index contributed by atoms with van der Waals surface area (Å²) >= 11 is 7.43. The Morgan fingerprint density at radius 2 is 1.96 bits per heavy atom. The normalized spacial score (nSPS) is 23.3. The van der Waals surface area contributed by atoms with Crippen LogP contribution in [0.25, 0.3) is 0 Å². The molecule has 2 aromatic rings. The first kappa shape index (κ1) is 15.7. The van der Waals surface area contributed by atoms with E-state index in [1.54, 1.807) is 21.3 Å². The summed E-state index contributed by atoms with van der Waals surface area (Å²) in [5.74, 6) is 1.40. The maximum absolute atomic E-state index is 12.9. The Morgan fingerprint density at radius 1 is 1.25 bits per heavy atom. The van der Waals surface area contributed by atoms with Crippen molar-refractivity contribution in [3.63, 3.8) is 0 Å². The maximum atomic E-state index is 12.9. The lowest BCUT2D eigenvalue weighted by Crippen LogP contribution is -2.33. The van der Waals surface area contributed by atoms with Crippen molar-refractivity contribution >= 4 is 40.8 Å². The van der Waals surface area contributed by atoms with Gasteiger partial charge in [0.25, 0.3) is 5.91 Å². The van der Waals surface area contributed by atoms with Crippen LogP contribution in [0.4, 0.5) is 5.82 Å². The molecule has 0 unspecified atom stereocenters. The number of nitrogens with zero attached hydrogens (tertiary/aromatic N) is 4. The number of amides is 1. The zero-order valence-corrected chi connectivity index (χ0v) is 15.4. The van der Waals surface area contributed by atoms with Gasteiger partial charge in [0.2, 0.25) is 0 Å². The smallest absolute Gasteiger partial charge is 0.258 e. The largest absolute Gasteiger partial charge is 0.319 e. The first-order valence-electron chi connectivity index (χ1n) is 7.82. The Bertz CT molecular complexity index is 810. The molecule has 2 fully saturated rings. The molecule has 2 aliphatic rings. The fourth-order valence-corrected chi connectivity index (χ4v) is 5.05. The summed E-state index contributed by atoms with van der Waals surface area (Å²) in [6.07, 6.45) is 0. The number of rotatable bonds is 2. The average molecular weight is 358 g/mol. The SMILES string of the molecule is Cc1ccc([C@@H]2SC[C@H]3C(=O)N(c4cc(C)n(C)n4)C(=S)N32)cc1. The fourth-order valence-electron chi connectivity index (χ4n) is 3.14. The van der Waals surface area contributed by atoms with Crippen molar-refractivity contribution in [1.29, 1.82) is 0 Å². The van der Waals surface area contributed by atoms with Crippen LogP contribution in [-0.4, -0.2) is 37.5 Å². The number of aromatic nitrogens is 2. The van der Waals surface area contributed by atoms with E-state index in [2.05, 4.69) is 41.2 Å². The summed E-state index contributed by atoms with van der Waals surface area (Å²) in [7, 11) is 1.87. The van der Waals surface area contributed by atoms with Crippen molar-refractivity contribution in [1.82, 2.24) is 14.7 Å². The molecule has 1 aromatic carbocycles. The molecule has 24 heavy (non-hydrogen) atoms. The minimum Gasteiger partial charge on any atom is -0.319 e. The van der Waals surface area contributed by atoms with Crippen molar-refractivity contribution < 1.29 is 4.79 Å². The molecule has 0 radical (unpaired) electrons. The molecule has 7 heteroatoms. The third kappa shape index (κ3) is 2.26. The van der Waals surface area contributed by atoms with Gasteiger partial charge in [0.1, 0.15) is 11.4 Å². The second kappa shape index (κ2) is 5.60. The molecule has 4 rings (SSSR count). The molecule has 0 aliphatic carbocycles. The van der Waals surface area contributed by atoms with Crippen LogP contribution in [0.3, 0.4) is 0 Å². The topological polar surface area (TPSA) is 41.4 Å². The van der Waals surface area contributed by atoms with E-state index in [-0.39, 0.29) is 17.3 Å². The number of carbonyl (C=O) groups is 1. The number of aryl methyl sites for hydroxylation is 3. The molecule has 1 aromatic heterocycles. The fraction of sp³-hybridized carbons (Fsp3) is 0.353. The highest BCUT2D eigenvalue weighted by molar-refractivity contribution is 7.99. The number of thioether (sulfide) groups is 1. The Balaban J connectivity index is 1.68. The minimum absolute atomic E-state index is 0.0280. The van der Waals surface area contributed by atoms with Crippen LogP contribution >= 0.6 is 24.0 Å². The van der Waals surface area contributed by atoms with Gasteiger partial charge in [-0.3, -0.25) is 9.48 Å². The van der Waals surface area contributed by atoms with E-state index >= 15 is 0 Å². The lowest BCUT2D eigenvalue weighted by molar-refractivity contribution is -0.119. The molecule has 1 amide bonds. The molecule has 0 spiro atoms. The molecule has 3 heterocycles.